The van der Waals surface area contributed by atoms with Crippen molar-refractivity contribution in [2.45, 2.75) is 44.4 Å². The van der Waals surface area contributed by atoms with Crippen molar-refractivity contribution in [3.8, 4) is 0 Å². The first-order valence-corrected chi connectivity index (χ1v) is 5.94. The molecule has 2 aliphatic rings. The summed E-state index contributed by atoms with van der Waals surface area (Å²) < 4.78 is 5.50. The fourth-order valence-electron chi connectivity index (χ4n) is 2.29. The molecule has 0 aromatic heterocycles. The number of rotatable bonds is 3. The van der Waals surface area contributed by atoms with Gasteiger partial charge in [-0.15, -0.1) is 0 Å². The smallest absolute Gasteiger partial charge is 0.249 e. The number of aliphatic hydroxyl groups excluding tert-OH is 1. The quantitative estimate of drug-likeness (QED) is 0.692. The summed E-state index contributed by atoms with van der Waals surface area (Å²) in [7, 11) is 0. The largest absolute Gasteiger partial charge is 0.396 e. The molecule has 1 saturated heterocycles. The Morgan fingerprint density at radius 3 is 2.88 bits per heavy atom. The van der Waals surface area contributed by atoms with Crippen LogP contribution >= 0.6 is 0 Å². The Morgan fingerprint density at radius 2 is 2.31 bits per heavy atom. The van der Waals surface area contributed by atoms with Crippen LogP contribution in [0.15, 0.2) is 12.2 Å². The third-order valence-corrected chi connectivity index (χ3v) is 3.26. The summed E-state index contributed by atoms with van der Waals surface area (Å²) in [6.45, 7) is 2.14. The Balaban J connectivity index is 1.78. The van der Waals surface area contributed by atoms with Crippen molar-refractivity contribution >= 4 is 5.91 Å². The molecule has 2 N–H and O–H groups in total. The molecule has 0 spiro atoms. The molecule has 1 aliphatic heterocycles. The summed E-state index contributed by atoms with van der Waals surface area (Å²) >= 11 is 0. The molecule has 0 bridgehead atoms. The average molecular weight is 225 g/mol. The molecule has 1 amide bonds. The number of hydrogen-bond acceptors (Lipinski definition) is 3. The van der Waals surface area contributed by atoms with Gasteiger partial charge in [0.2, 0.25) is 5.91 Å². The second kappa shape index (κ2) is 4.97. The lowest BCUT2D eigenvalue weighted by molar-refractivity contribution is -0.132. The number of nitrogens with one attached hydrogen (secondary N) is 1. The Bertz CT molecular complexity index is 290. The molecule has 4 heteroatoms. The number of carbonyl (C=O) groups excluding carboxylic acids is 1. The maximum atomic E-state index is 11.8. The molecule has 0 aromatic carbocycles. The van der Waals surface area contributed by atoms with Crippen LogP contribution in [0.2, 0.25) is 0 Å². The van der Waals surface area contributed by atoms with Gasteiger partial charge in [0.25, 0.3) is 0 Å². The summed E-state index contributed by atoms with van der Waals surface area (Å²) in [5.74, 6) is 0.173. The molecule has 1 fully saturated rings. The van der Waals surface area contributed by atoms with E-state index in [-0.39, 0.29) is 36.7 Å². The van der Waals surface area contributed by atoms with E-state index in [0.717, 1.165) is 19.3 Å². The molecule has 2 rings (SSSR count). The molecule has 0 radical (unpaired) electrons. The first kappa shape index (κ1) is 11.6. The zero-order valence-electron chi connectivity index (χ0n) is 9.56. The molecule has 1 aliphatic carbocycles. The molecule has 0 aromatic rings. The van der Waals surface area contributed by atoms with Crippen LogP contribution in [0.5, 0.6) is 0 Å². The predicted octanol–water partition coefficient (Wildman–Crippen LogP) is 0.607. The van der Waals surface area contributed by atoms with Gasteiger partial charge < -0.3 is 15.2 Å². The van der Waals surface area contributed by atoms with Crippen molar-refractivity contribution in [1.82, 2.24) is 5.32 Å². The standard InChI is InChI=1S/C12H19NO3/c1-8-2-5-11(16-8)12(15)13-10-4-3-9(6-10)7-14/h3-4,8-11,14H,2,5-7H2,1H3,(H,13,15)/t8?,9-,10+,11?/m0/s1. The third-order valence-electron chi connectivity index (χ3n) is 3.26. The van der Waals surface area contributed by atoms with E-state index in [1.54, 1.807) is 0 Å². The molecular weight excluding hydrogens is 206 g/mol. The predicted molar refractivity (Wildman–Crippen MR) is 59.8 cm³/mol. The van der Waals surface area contributed by atoms with E-state index in [1.165, 1.54) is 0 Å². The minimum absolute atomic E-state index is 0.0161. The molecular formula is C12H19NO3. The maximum Gasteiger partial charge on any atom is 0.249 e. The maximum absolute atomic E-state index is 11.8. The van der Waals surface area contributed by atoms with Crippen LogP contribution in [-0.2, 0) is 9.53 Å². The van der Waals surface area contributed by atoms with Crippen LogP contribution in [0.4, 0.5) is 0 Å². The normalized spacial score (nSPS) is 37.9. The van der Waals surface area contributed by atoms with Crippen LogP contribution in [0.25, 0.3) is 0 Å². The summed E-state index contributed by atoms with van der Waals surface area (Å²) in [5, 5.41) is 11.9. The van der Waals surface area contributed by atoms with Gasteiger partial charge in [-0.25, -0.2) is 0 Å². The van der Waals surface area contributed by atoms with Crippen molar-refractivity contribution in [1.29, 1.82) is 0 Å². The van der Waals surface area contributed by atoms with E-state index in [1.807, 2.05) is 19.1 Å². The summed E-state index contributed by atoms with van der Waals surface area (Å²) in [4.78, 5) is 11.8. The van der Waals surface area contributed by atoms with Gasteiger partial charge in [0.05, 0.1) is 6.10 Å². The van der Waals surface area contributed by atoms with E-state index < -0.39 is 0 Å². The Labute approximate surface area is 95.7 Å². The second-order valence-corrected chi connectivity index (χ2v) is 4.69. The van der Waals surface area contributed by atoms with Crippen LogP contribution in [-0.4, -0.2) is 35.9 Å². The lowest BCUT2D eigenvalue weighted by atomic mass is 10.1. The van der Waals surface area contributed by atoms with Gasteiger partial charge in [-0.2, -0.15) is 0 Å². The average Bonchev–Trinajstić information content (AvgIpc) is 2.87. The van der Waals surface area contributed by atoms with E-state index in [9.17, 15) is 4.79 Å². The topological polar surface area (TPSA) is 58.6 Å². The third kappa shape index (κ3) is 2.62. The summed E-state index contributed by atoms with van der Waals surface area (Å²) in [6.07, 6.45) is 6.40. The molecule has 4 nitrogen and oxygen atoms in total. The minimum Gasteiger partial charge on any atom is -0.396 e. The highest BCUT2D eigenvalue weighted by molar-refractivity contribution is 5.81. The number of aliphatic hydroxyl groups is 1. The first-order valence-electron chi connectivity index (χ1n) is 5.94. The number of amides is 1. The first-order chi connectivity index (χ1) is 7.69. The highest BCUT2D eigenvalue weighted by Gasteiger charge is 2.30. The Hall–Kier alpha value is -0.870. The van der Waals surface area contributed by atoms with Gasteiger partial charge in [-0.3, -0.25) is 4.79 Å². The van der Waals surface area contributed by atoms with Crippen molar-refractivity contribution in [2.75, 3.05) is 6.61 Å². The number of hydrogen-bond donors (Lipinski definition) is 2. The van der Waals surface area contributed by atoms with Gasteiger partial charge in [-0.1, -0.05) is 12.2 Å². The van der Waals surface area contributed by atoms with E-state index in [4.69, 9.17) is 9.84 Å². The fraction of sp³-hybridized carbons (Fsp3) is 0.750. The molecule has 0 saturated carbocycles. The van der Waals surface area contributed by atoms with Gasteiger partial charge in [-0.05, 0) is 26.2 Å². The van der Waals surface area contributed by atoms with Crippen molar-refractivity contribution in [2.24, 2.45) is 5.92 Å². The zero-order valence-corrected chi connectivity index (χ0v) is 9.56. The van der Waals surface area contributed by atoms with E-state index in [0.29, 0.717) is 0 Å². The number of ether oxygens (including phenoxy) is 1. The van der Waals surface area contributed by atoms with Gasteiger partial charge >= 0.3 is 0 Å². The summed E-state index contributed by atoms with van der Waals surface area (Å²) in [5.41, 5.74) is 0. The summed E-state index contributed by atoms with van der Waals surface area (Å²) in [6, 6.07) is 0.0594. The zero-order chi connectivity index (χ0) is 11.5. The van der Waals surface area contributed by atoms with Gasteiger partial charge in [0.15, 0.2) is 0 Å². The Kier molecular flexibility index (Phi) is 3.61. The molecule has 16 heavy (non-hydrogen) atoms. The molecule has 4 atom stereocenters. The van der Waals surface area contributed by atoms with Crippen molar-refractivity contribution < 1.29 is 14.6 Å². The second-order valence-electron chi connectivity index (χ2n) is 4.69. The van der Waals surface area contributed by atoms with Crippen LogP contribution in [0.3, 0.4) is 0 Å². The molecule has 2 unspecified atom stereocenters. The highest BCUT2D eigenvalue weighted by atomic mass is 16.5. The van der Waals surface area contributed by atoms with Crippen LogP contribution < -0.4 is 5.32 Å². The fourth-order valence-corrected chi connectivity index (χ4v) is 2.29. The van der Waals surface area contributed by atoms with E-state index >= 15 is 0 Å². The van der Waals surface area contributed by atoms with Gasteiger partial charge in [0, 0.05) is 18.6 Å². The highest BCUT2D eigenvalue weighted by Crippen LogP contribution is 2.21. The van der Waals surface area contributed by atoms with Crippen molar-refractivity contribution in [3.05, 3.63) is 12.2 Å². The SMILES string of the molecule is CC1CCC(C(=O)N[C@@H]2C=C[C@H](CO)C2)O1. The lowest BCUT2D eigenvalue weighted by Gasteiger charge is -2.16. The lowest BCUT2D eigenvalue weighted by Crippen LogP contribution is -2.40. The monoisotopic (exact) mass is 225 g/mol. The van der Waals surface area contributed by atoms with E-state index in [2.05, 4.69) is 5.32 Å². The molecule has 90 valence electrons. The van der Waals surface area contributed by atoms with Crippen LogP contribution in [0, 0.1) is 5.92 Å². The minimum atomic E-state index is -0.281. The van der Waals surface area contributed by atoms with Crippen LogP contribution in [0.1, 0.15) is 26.2 Å². The number of carbonyl (C=O) groups is 1. The van der Waals surface area contributed by atoms with Gasteiger partial charge in [0.1, 0.15) is 6.10 Å². The van der Waals surface area contributed by atoms with Crippen molar-refractivity contribution in [3.63, 3.8) is 0 Å². The Morgan fingerprint density at radius 1 is 1.50 bits per heavy atom. The molecule has 1 heterocycles.